The molecule has 5 heteroatoms. The third-order valence-electron chi connectivity index (χ3n) is 4.19. The van der Waals surface area contributed by atoms with Gasteiger partial charge < -0.3 is 5.32 Å². The molecule has 0 radical (unpaired) electrons. The van der Waals surface area contributed by atoms with Gasteiger partial charge in [-0.1, -0.05) is 30.3 Å². The molecule has 0 saturated carbocycles. The number of fused-ring (bicyclic) bond motifs is 2. The minimum atomic E-state index is -0.179. The lowest BCUT2D eigenvalue weighted by Crippen LogP contribution is -2.23. The maximum absolute atomic E-state index is 12.7. The molecule has 1 amide bonds. The van der Waals surface area contributed by atoms with Crippen LogP contribution in [-0.2, 0) is 11.3 Å². The number of nitrogens with one attached hydrogen (secondary N) is 1. The summed E-state index contributed by atoms with van der Waals surface area (Å²) in [6.45, 7) is 2.38. The van der Waals surface area contributed by atoms with Gasteiger partial charge in [-0.3, -0.25) is 14.2 Å². The Morgan fingerprint density at radius 3 is 2.67 bits per heavy atom. The smallest absolute Gasteiger partial charge is 0.261 e. The van der Waals surface area contributed by atoms with E-state index in [4.69, 9.17) is 0 Å². The van der Waals surface area contributed by atoms with Gasteiger partial charge in [0.25, 0.3) is 11.5 Å². The number of hydrogen-bond donors (Lipinski definition) is 1. The Morgan fingerprint density at radius 2 is 1.83 bits per heavy atom. The summed E-state index contributed by atoms with van der Waals surface area (Å²) in [5, 5.41) is 3.42. The molecule has 2 heterocycles. The highest BCUT2D eigenvalue weighted by molar-refractivity contribution is 6.34. The third-order valence-corrected chi connectivity index (χ3v) is 4.19. The molecule has 0 atom stereocenters. The summed E-state index contributed by atoms with van der Waals surface area (Å²) < 4.78 is 1.59. The molecule has 0 spiro atoms. The van der Waals surface area contributed by atoms with E-state index in [0.717, 1.165) is 11.3 Å². The first-order chi connectivity index (χ1) is 11.7. The Kier molecular flexibility index (Phi) is 3.27. The predicted octanol–water partition coefficient (Wildman–Crippen LogP) is 2.91. The molecule has 1 aliphatic rings. The van der Waals surface area contributed by atoms with Gasteiger partial charge in [0.05, 0.1) is 16.5 Å². The first-order valence-corrected chi connectivity index (χ1v) is 7.81. The first-order valence-electron chi connectivity index (χ1n) is 7.81. The molecule has 0 unspecified atom stereocenters. The summed E-state index contributed by atoms with van der Waals surface area (Å²) >= 11 is 0. The van der Waals surface area contributed by atoms with Crippen molar-refractivity contribution in [3.8, 4) is 0 Å². The lowest BCUT2D eigenvalue weighted by molar-refractivity contribution is -0.110. The van der Waals surface area contributed by atoms with E-state index >= 15 is 0 Å². The standard InChI is InChI=1S/C19H15N3O2/c1-2-22-17(20-16-10-6-4-8-13(16)19(22)24)11-14-12-7-3-5-9-15(12)21-18(14)23/h3-11H,2H2,1H3,(H,21,23)/b14-11+. The summed E-state index contributed by atoms with van der Waals surface area (Å²) in [5.74, 6) is 0.310. The SMILES string of the molecule is CCn1c(/C=C2/C(=O)Nc3ccccc32)nc2ccccc2c1=O. The maximum Gasteiger partial charge on any atom is 0.261 e. The van der Waals surface area contributed by atoms with Gasteiger partial charge in [-0.25, -0.2) is 4.98 Å². The summed E-state index contributed by atoms with van der Waals surface area (Å²) in [6.07, 6.45) is 1.69. The Hall–Kier alpha value is -3.21. The number of amides is 1. The highest BCUT2D eigenvalue weighted by Gasteiger charge is 2.24. The quantitative estimate of drug-likeness (QED) is 0.739. The van der Waals surface area contributed by atoms with Gasteiger partial charge in [0.15, 0.2) is 0 Å². The second-order valence-corrected chi connectivity index (χ2v) is 5.59. The number of para-hydroxylation sites is 2. The normalized spacial score (nSPS) is 14.9. The van der Waals surface area contributed by atoms with Gasteiger partial charge in [-0.2, -0.15) is 0 Å². The molecule has 0 bridgehead atoms. The van der Waals surface area contributed by atoms with E-state index in [-0.39, 0.29) is 11.5 Å². The van der Waals surface area contributed by atoms with Crippen LogP contribution in [0.25, 0.3) is 22.6 Å². The topological polar surface area (TPSA) is 64.0 Å². The molecular formula is C19H15N3O2. The number of anilines is 1. The molecule has 1 aromatic heterocycles. The van der Waals surface area contributed by atoms with Crippen molar-refractivity contribution in [3.05, 3.63) is 70.3 Å². The maximum atomic E-state index is 12.7. The largest absolute Gasteiger partial charge is 0.321 e. The van der Waals surface area contributed by atoms with Gasteiger partial charge in [-0.05, 0) is 31.2 Å². The van der Waals surface area contributed by atoms with E-state index in [2.05, 4.69) is 10.3 Å². The van der Waals surface area contributed by atoms with E-state index < -0.39 is 0 Å². The molecule has 118 valence electrons. The molecule has 0 saturated heterocycles. The second kappa shape index (κ2) is 5.45. The molecular weight excluding hydrogens is 302 g/mol. The molecule has 0 aliphatic carbocycles. The van der Waals surface area contributed by atoms with Crippen molar-refractivity contribution in [1.82, 2.24) is 9.55 Å². The van der Waals surface area contributed by atoms with E-state index in [1.54, 1.807) is 22.8 Å². The van der Waals surface area contributed by atoms with Crippen LogP contribution >= 0.6 is 0 Å². The Bertz CT molecular complexity index is 1060. The second-order valence-electron chi connectivity index (χ2n) is 5.59. The van der Waals surface area contributed by atoms with Crippen LogP contribution in [0.4, 0.5) is 5.69 Å². The number of hydrogen-bond acceptors (Lipinski definition) is 3. The number of nitrogens with zero attached hydrogens (tertiary/aromatic N) is 2. The first kappa shape index (κ1) is 14.4. The Morgan fingerprint density at radius 1 is 1.08 bits per heavy atom. The van der Waals surface area contributed by atoms with Gasteiger partial charge in [-0.15, -0.1) is 0 Å². The number of carbonyl (C=O) groups is 1. The Labute approximate surface area is 138 Å². The van der Waals surface area contributed by atoms with Crippen LogP contribution in [0, 0.1) is 0 Å². The lowest BCUT2D eigenvalue weighted by atomic mass is 10.1. The van der Waals surface area contributed by atoms with E-state index in [1.807, 2.05) is 43.3 Å². The molecule has 0 fully saturated rings. The monoisotopic (exact) mass is 317 g/mol. The summed E-state index contributed by atoms with van der Waals surface area (Å²) in [7, 11) is 0. The zero-order chi connectivity index (χ0) is 16.7. The summed E-state index contributed by atoms with van der Waals surface area (Å²) in [6, 6.07) is 14.7. The average Bonchev–Trinajstić information content (AvgIpc) is 2.91. The molecule has 4 rings (SSSR count). The molecule has 2 aromatic carbocycles. The minimum Gasteiger partial charge on any atom is -0.321 e. The predicted molar refractivity (Wildman–Crippen MR) is 94.6 cm³/mol. The third kappa shape index (κ3) is 2.13. The fourth-order valence-electron chi connectivity index (χ4n) is 3.01. The molecule has 1 aliphatic heterocycles. The van der Waals surface area contributed by atoms with Crippen molar-refractivity contribution in [2.24, 2.45) is 0 Å². The van der Waals surface area contributed by atoms with Crippen molar-refractivity contribution in [3.63, 3.8) is 0 Å². The van der Waals surface area contributed by atoms with Crippen molar-refractivity contribution >= 4 is 34.1 Å². The summed E-state index contributed by atoms with van der Waals surface area (Å²) in [4.78, 5) is 29.5. The number of benzene rings is 2. The zero-order valence-corrected chi connectivity index (χ0v) is 13.1. The van der Waals surface area contributed by atoms with Crippen LogP contribution in [-0.4, -0.2) is 15.5 Å². The van der Waals surface area contributed by atoms with Gasteiger partial charge in [0, 0.05) is 17.8 Å². The molecule has 5 nitrogen and oxygen atoms in total. The van der Waals surface area contributed by atoms with E-state index in [0.29, 0.717) is 28.8 Å². The number of carbonyl (C=O) groups excluding carboxylic acids is 1. The highest BCUT2D eigenvalue weighted by Crippen LogP contribution is 2.32. The Balaban J connectivity index is 1.98. The number of rotatable bonds is 2. The zero-order valence-electron chi connectivity index (χ0n) is 13.1. The van der Waals surface area contributed by atoms with Crippen molar-refractivity contribution in [1.29, 1.82) is 0 Å². The van der Waals surface area contributed by atoms with Crippen LogP contribution < -0.4 is 10.9 Å². The minimum absolute atomic E-state index is 0.0957. The van der Waals surface area contributed by atoms with Crippen LogP contribution in [0.2, 0.25) is 0 Å². The van der Waals surface area contributed by atoms with Crippen molar-refractivity contribution < 1.29 is 4.79 Å². The van der Waals surface area contributed by atoms with Crippen LogP contribution in [0.1, 0.15) is 18.3 Å². The number of aromatic nitrogens is 2. The molecule has 24 heavy (non-hydrogen) atoms. The highest BCUT2D eigenvalue weighted by atomic mass is 16.2. The fourth-order valence-corrected chi connectivity index (χ4v) is 3.01. The van der Waals surface area contributed by atoms with Gasteiger partial charge >= 0.3 is 0 Å². The van der Waals surface area contributed by atoms with Crippen LogP contribution in [0.5, 0.6) is 0 Å². The van der Waals surface area contributed by atoms with Gasteiger partial charge in [0.2, 0.25) is 0 Å². The average molecular weight is 317 g/mol. The fraction of sp³-hybridized carbons (Fsp3) is 0.105. The van der Waals surface area contributed by atoms with Gasteiger partial charge in [0.1, 0.15) is 5.82 Å². The van der Waals surface area contributed by atoms with E-state index in [9.17, 15) is 9.59 Å². The van der Waals surface area contributed by atoms with Crippen LogP contribution in [0.15, 0.2) is 53.3 Å². The van der Waals surface area contributed by atoms with Crippen molar-refractivity contribution in [2.45, 2.75) is 13.5 Å². The molecule has 1 N–H and O–H groups in total. The molecule has 3 aromatic rings. The van der Waals surface area contributed by atoms with Crippen molar-refractivity contribution in [2.75, 3.05) is 5.32 Å². The summed E-state index contributed by atoms with van der Waals surface area (Å²) in [5.41, 5.74) is 2.66. The van der Waals surface area contributed by atoms with E-state index in [1.165, 1.54) is 0 Å². The van der Waals surface area contributed by atoms with Crippen LogP contribution in [0.3, 0.4) is 0 Å². The lowest BCUT2D eigenvalue weighted by Gasteiger charge is -2.09.